The highest BCUT2D eigenvalue weighted by Gasteiger charge is 2.30. The molecule has 0 bridgehead atoms. The first-order chi connectivity index (χ1) is 49.6. The Morgan fingerprint density at radius 2 is 0.460 bits per heavy atom. The van der Waals surface area contributed by atoms with E-state index < -0.39 is 0 Å². The molecule has 19 aromatic rings. The molecule has 14 aromatic carbocycles. The van der Waals surface area contributed by atoms with Gasteiger partial charge in [0, 0.05) is 77.6 Å². The Bertz CT molecular complexity index is 5980. The summed E-state index contributed by atoms with van der Waals surface area (Å²) in [6, 6.07) is 126. The molecule has 0 saturated carbocycles. The van der Waals surface area contributed by atoms with Crippen LogP contribution in [-0.4, -0.2) is 33.6 Å². The van der Waals surface area contributed by atoms with E-state index in [0.29, 0.717) is 0 Å². The molecule has 0 saturated heterocycles. The molecule has 100 heavy (non-hydrogen) atoms. The summed E-state index contributed by atoms with van der Waals surface area (Å²) in [6.45, 7) is 0. The molecular weight excluding hydrogens is 1220 g/mol. The normalized spacial score (nSPS) is 12.0. The van der Waals surface area contributed by atoms with Crippen LogP contribution in [0.1, 0.15) is 22.6 Å². The second-order valence-corrected chi connectivity index (χ2v) is 25.7. The van der Waals surface area contributed by atoms with E-state index in [4.69, 9.17) is 19.9 Å². The molecule has 0 unspecified atom stereocenters. The molecule has 5 heterocycles. The van der Waals surface area contributed by atoms with Crippen molar-refractivity contribution in [2.24, 2.45) is 0 Å². The van der Waals surface area contributed by atoms with Crippen molar-refractivity contribution in [1.82, 2.24) is 33.6 Å². The smallest absolute Gasteiger partial charge is 0.116 e. The van der Waals surface area contributed by atoms with Crippen LogP contribution < -0.4 is 0 Å². The number of para-hydroxylation sites is 6. The van der Waals surface area contributed by atoms with Gasteiger partial charge in [0.15, 0.2) is 0 Å². The molecule has 5 aromatic heterocycles. The molecule has 20 rings (SSSR count). The summed E-state index contributed by atoms with van der Waals surface area (Å²) in [6.07, 6.45) is 3.36. The zero-order valence-electron chi connectivity index (χ0n) is 54.3. The van der Waals surface area contributed by atoms with Crippen LogP contribution >= 0.6 is 0 Å². The summed E-state index contributed by atoms with van der Waals surface area (Å²) in [5, 5.41) is 7.54. The molecule has 0 atom stereocenters. The van der Waals surface area contributed by atoms with Gasteiger partial charge in [-0.1, -0.05) is 249 Å². The van der Waals surface area contributed by atoms with Gasteiger partial charge < -0.3 is 13.7 Å². The average Bonchev–Trinajstić information content (AvgIpc) is 1.62. The van der Waals surface area contributed by atoms with Crippen LogP contribution in [0.2, 0.25) is 0 Å². The maximum Gasteiger partial charge on any atom is 0.116 e. The maximum atomic E-state index is 4.75. The Hall–Kier alpha value is -13.4. The number of nitrogens with zero attached hydrogens (tertiary/aromatic N) is 7. The average molecular weight is 1280 g/mol. The molecule has 0 spiro atoms. The van der Waals surface area contributed by atoms with E-state index in [1.807, 2.05) is 0 Å². The quantitative estimate of drug-likeness (QED) is 0.137. The summed E-state index contributed by atoms with van der Waals surface area (Å²) < 4.78 is 7.07. The largest absolute Gasteiger partial charge is 0.309 e. The topological polar surface area (TPSA) is 66.3 Å². The lowest BCUT2D eigenvalue weighted by Gasteiger charge is -2.16. The van der Waals surface area contributed by atoms with Crippen LogP contribution in [0.3, 0.4) is 0 Å². The van der Waals surface area contributed by atoms with Gasteiger partial charge in [0.1, 0.15) is 12.7 Å². The van der Waals surface area contributed by atoms with Crippen LogP contribution in [-0.2, 0) is 0 Å². The van der Waals surface area contributed by atoms with E-state index in [1.54, 1.807) is 12.7 Å². The molecule has 0 aliphatic heterocycles. The van der Waals surface area contributed by atoms with Gasteiger partial charge in [-0.2, -0.15) is 0 Å². The third kappa shape index (κ3) is 10.1. The van der Waals surface area contributed by atoms with Crippen LogP contribution in [0.15, 0.2) is 365 Å². The van der Waals surface area contributed by atoms with Crippen LogP contribution in [0.4, 0.5) is 0 Å². The Balaban J connectivity index is 0.000000143. The fourth-order valence-corrected chi connectivity index (χ4v) is 15.5. The number of hydrogen-bond acceptors (Lipinski definition) is 4. The van der Waals surface area contributed by atoms with Crippen molar-refractivity contribution in [2.75, 3.05) is 0 Å². The minimum Gasteiger partial charge on any atom is -0.309 e. The number of fused-ring (bicyclic) bond motifs is 12. The lowest BCUT2D eigenvalue weighted by atomic mass is 9.88. The van der Waals surface area contributed by atoms with Gasteiger partial charge in [-0.05, 0) is 153 Å². The summed E-state index contributed by atoms with van der Waals surface area (Å²) >= 11 is 0. The van der Waals surface area contributed by atoms with Crippen molar-refractivity contribution in [3.05, 3.63) is 381 Å². The molecule has 0 amide bonds. The zero-order valence-corrected chi connectivity index (χ0v) is 54.3. The van der Waals surface area contributed by atoms with Crippen molar-refractivity contribution >= 4 is 65.4 Å². The fourth-order valence-electron chi connectivity index (χ4n) is 15.5. The van der Waals surface area contributed by atoms with E-state index in [-0.39, 0.29) is 5.92 Å². The summed E-state index contributed by atoms with van der Waals surface area (Å²) in [5.41, 5.74) is 29.6. The lowest BCUT2D eigenvalue weighted by molar-refractivity contribution is 1.01. The molecule has 468 valence electrons. The second-order valence-electron chi connectivity index (χ2n) is 25.7. The minimum absolute atomic E-state index is 0.201. The summed E-state index contributed by atoms with van der Waals surface area (Å²) in [4.78, 5) is 18.9. The Labute approximate surface area is 578 Å². The van der Waals surface area contributed by atoms with Crippen molar-refractivity contribution < 1.29 is 0 Å². The van der Waals surface area contributed by atoms with Gasteiger partial charge in [0.05, 0.1) is 55.9 Å². The van der Waals surface area contributed by atoms with Crippen LogP contribution in [0, 0.1) is 0 Å². The van der Waals surface area contributed by atoms with Gasteiger partial charge in [0.25, 0.3) is 0 Å². The first-order valence-electron chi connectivity index (χ1n) is 34.0. The predicted molar refractivity (Wildman–Crippen MR) is 413 cm³/mol. The highest BCUT2D eigenvalue weighted by molar-refractivity contribution is 6.11. The monoisotopic (exact) mass is 1280 g/mol. The van der Waals surface area contributed by atoms with E-state index in [2.05, 4.69) is 366 Å². The number of hydrogen-bond donors (Lipinski definition) is 0. The summed E-state index contributed by atoms with van der Waals surface area (Å²) in [7, 11) is 0. The van der Waals surface area contributed by atoms with Crippen molar-refractivity contribution in [3.63, 3.8) is 0 Å². The van der Waals surface area contributed by atoms with Crippen molar-refractivity contribution in [2.45, 2.75) is 5.92 Å². The Kier molecular flexibility index (Phi) is 14.1. The molecule has 0 N–H and O–H groups in total. The lowest BCUT2D eigenvalue weighted by Crippen LogP contribution is -2.00. The third-order valence-corrected chi connectivity index (χ3v) is 20.0. The molecular formula is C93H61N7. The molecule has 7 nitrogen and oxygen atoms in total. The molecule has 0 radical (unpaired) electrons. The van der Waals surface area contributed by atoms with E-state index >= 15 is 0 Å². The van der Waals surface area contributed by atoms with Crippen molar-refractivity contribution in [1.29, 1.82) is 0 Å². The standard InChI is InChI=1S/C52H34N4.C41H27N3/c1-5-25-49-43(21-1)44-22-2-6-26-50(44)55(49)41-19-11-15-37(31-41)35-13-9-17-39(29-35)47-33-48(54-34-53-47)40-18-10-14-36(30-40)38-16-12-20-42(32-38)56-51-27-7-3-23-45(51)46-24-4-8-28-52(46)56;1-3-19-35-31(15-1)32-16-2-4-20-36(32)41(35)29-13-9-11-27(23-29)37-25-38(43-26-42-37)28-12-10-14-30(24-28)44-39-21-7-5-17-33(39)34-18-6-8-22-40(34)44/h1-34H;1-26,41H. The van der Waals surface area contributed by atoms with Crippen LogP contribution in [0.5, 0.6) is 0 Å². The van der Waals surface area contributed by atoms with Crippen LogP contribution in [0.25, 0.3) is 161 Å². The molecule has 1 aliphatic carbocycles. The first kappa shape index (κ1) is 58.0. The number of rotatable bonds is 10. The highest BCUT2D eigenvalue weighted by Crippen LogP contribution is 2.49. The fraction of sp³-hybridized carbons (Fsp3) is 0.0108. The molecule has 7 heteroatoms. The van der Waals surface area contributed by atoms with Gasteiger partial charge in [-0.25, -0.2) is 19.9 Å². The van der Waals surface area contributed by atoms with Gasteiger partial charge in [-0.15, -0.1) is 0 Å². The SMILES string of the molecule is c1cc(-c2cc(-c3cccc(-n4c5ccccc5c5ccccc54)c3)ncn2)cc(C2c3ccccc3-c3ccccc32)c1.c1cc(-c2cccc(-n3c4ccccc4c4ccccc43)c2)cc(-c2cc(-c3cccc(-c4cccc(-n5c6ccccc6c6ccccc65)c4)c3)ncn2)c1. The predicted octanol–water partition coefficient (Wildman–Crippen LogP) is 23.4. The second kappa shape index (κ2) is 24.4. The first-order valence-corrected chi connectivity index (χ1v) is 34.0. The van der Waals surface area contributed by atoms with E-state index in [9.17, 15) is 0 Å². The van der Waals surface area contributed by atoms with E-state index in [1.165, 1.54) is 93.2 Å². The van der Waals surface area contributed by atoms with Gasteiger partial charge in [-0.3, -0.25) is 0 Å². The highest BCUT2D eigenvalue weighted by atomic mass is 15.0. The van der Waals surface area contributed by atoms with E-state index in [0.717, 1.165) is 84.3 Å². The number of benzene rings is 14. The van der Waals surface area contributed by atoms with Crippen molar-refractivity contribution in [3.8, 4) is 95.5 Å². The maximum absolute atomic E-state index is 4.75. The minimum atomic E-state index is 0.201. The Morgan fingerprint density at radius 1 is 0.200 bits per heavy atom. The molecule has 1 aliphatic rings. The van der Waals surface area contributed by atoms with Gasteiger partial charge in [0.2, 0.25) is 0 Å². The molecule has 0 fully saturated rings. The summed E-state index contributed by atoms with van der Waals surface area (Å²) in [5.74, 6) is 0.201. The zero-order chi connectivity index (χ0) is 66.0. The third-order valence-electron chi connectivity index (χ3n) is 20.0. The van der Waals surface area contributed by atoms with Gasteiger partial charge >= 0.3 is 0 Å². The number of aromatic nitrogens is 7. The Morgan fingerprint density at radius 3 is 0.820 bits per heavy atom.